The monoisotopic (exact) mass is 346 g/mol. The Bertz CT molecular complexity index is 710. The van der Waals surface area contributed by atoms with Crippen LogP contribution in [0.3, 0.4) is 0 Å². The van der Waals surface area contributed by atoms with Crippen LogP contribution in [0.2, 0.25) is 0 Å². The summed E-state index contributed by atoms with van der Waals surface area (Å²) in [6, 6.07) is 7.15. The smallest absolute Gasteiger partial charge is 0.238 e. The fourth-order valence-electron chi connectivity index (χ4n) is 2.04. The van der Waals surface area contributed by atoms with Crippen LogP contribution in [0.5, 0.6) is 0 Å². The number of anilines is 2. The molecular formula is C17H22N4O2S. The van der Waals surface area contributed by atoms with E-state index in [9.17, 15) is 9.59 Å². The number of carbonyl (C=O) groups excluding carboxylic acids is 2. The highest BCUT2D eigenvalue weighted by Gasteiger charge is 2.17. The molecule has 1 atom stereocenters. The van der Waals surface area contributed by atoms with Crippen LogP contribution in [0.25, 0.3) is 0 Å². The van der Waals surface area contributed by atoms with Crippen molar-refractivity contribution in [3.63, 3.8) is 0 Å². The molecule has 2 rings (SSSR count). The van der Waals surface area contributed by atoms with E-state index in [0.29, 0.717) is 16.7 Å². The second-order valence-corrected chi connectivity index (χ2v) is 6.87. The van der Waals surface area contributed by atoms with Crippen LogP contribution in [-0.4, -0.2) is 23.3 Å². The lowest BCUT2D eigenvalue weighted by Gasteiger charge is -2.12. The molecule has 0 aliphatic rings. The molecule has 1 aromatic heterocycles. The third kappa shape index (κ3) is 4.62. The number of rotatable bonds is 6. The van der Waals surface area contributed by atoms with E-state index in [2.05, 4.69) is 29.5 Å². The van der Waals surface area contributed by atoms with Gasteiger partial charge < -0.3 is 16.4 Å². The minimum Gasteiger partial charge on any atom is -0.325 e. The third-order valence-electron chi connectivity index (χ3n) is 3.60. The summed E-state index contributed by atoms with van der Waals surface area (Å²) in [5, 5.41) is 6.13. The Hall–Kier alpha value is -2.25. The Morgan fingerprint density at radius 2 is 1.83 bits per heavy atom. The topological polar surface area (TPSA) is 97.1 Å². The molecule has 2 aromatic rings. The molecule has 0 bridgehead atoms. The van der Waals surface area contributed by atoms with E-state index in [-0.39, 0.29) is 24.3 Å². The molecule has 0 aliphatic carbocycles. The van der Waals surface area contributed by atoms with Gasteiger partial charge in [0.25, 0.3) is 0 Å². The summed E-state index contributed by atoms with van der Waals surface area (Å²) < 4.78 is 0. The van der Waals surface area contributed by atoms with E-state index in [4.69, 9.17) is 5.73 Å². The summed E-state index contributed by atoms with van der Waals surface area (Å²) in [6.07, 6.45) is 1.80. The van der Waals surface area contributed by atoms with Crippen LogP contribution >= 0.6 is 11.3 Å². The van der Waals surface area contributed by atoms with Gasteiger partial charge in [-0.2, -0.15) is 0 Å². The SMILES string of the molecule is CC(C)c1cnc(NC(=O)[C@H](C)c2ccc(NC(=O)CN)cc2)s1. The summed E-state index contributed by atoms with van der Waals surface area (Å²) in [5.41, 5.74) is 6.78. The zero-order chi connectivity index (χ0) is 17.7. The summed E-state index contributed by atoms with van der Waals surface area (Å²) in [6.45, 7) is 5.95. The normalized spacial score (nSPS) is 12.0. The number of nitrogens with one attached hydrogen (secondary N) is 2. The van der Waals surface area contributed by atoms with Gasteiger partial charge in [0.05, 0.1) is 12.5 Å². The van der Waals surface area contributed by atoms with Crippen molar-refractivity contribution in [1.82, 2.24) is 4.98 Å². The molecule has 1 heterocycles. The van der Waals surface area contributed by atoms with E-state index >= 15 is 0 Å². The molecule has 7 heteroatoms. The van der Waals surface area contributed by atoms with Crippen LogP contribution in [0, 0.1) is 0 Å². The molecule has 0 unspecified atom stereocenters. The zero-order valence-corrected chi connectivity index (χ0v) is 14.8. The Labute approximate surface area is 145 Å². The van der Waals surface area contributed by atoms with Crippen LogP contribution in [0.4, 0.5) is 10.8 Å². The molecule has 1 aromatic carbocycles. The molecule has 0 saturated carbocycles. The molecule has 6 nitrogen and oxygen atoms in total. The Morgan fingerprint density at radius 1 is 1.17 bits per heavy atom. The first-order valence-electron chi connectivity index (χ1n) is 7.77. The quantitative estimate of drug-likeness (QED) is 0.749. The number of hydrogen-bond acceptors (Lipinski definition) is 5. The molecule has 24 heavy (non-hydrogen) atoms. The third-order valence-corrected chi connectivity index (χ3v) is 4.81. The van der Waals surface area contributed by atoms with Crippen LogP contribution in [0.1, 0.15) is 43.0 Å². The molecule has 0 aliphatic heterocycles. The van der Waals surface area contributed by atoms with Gasteiger partial charge in [0.1, 0.15) is 0 Å². The number of carbonyl (C=O) groups is 2. The van der Waals surface area contributed by atoms with E-state index in [0.717, 1.165) is 10.4 Å². The van der Waals surface area contributed by atoms with Crippen LogP contribution in [0.15, 0.2) is 30.5 Å². The maximum atomic E-state index is 12.4. The second-order valence-electron chi connectivity index (χ2n) is 5.81. The van der Waals surface area contributed by atoms with Gasteiger partial charge in [-0.15, -0.1) is 11.3 Å². The molecule has 2 amide bonds. The number of benzene rings is 1. The van der Waals surface area contributed by atoms with Crippen molar-refractivity contribution in [2.24, 2.45) is 5.73 Å². The molecule has 0 spiro atoms. The fourth-order valence-corrected chi connectivity index (χ4v) is 2.86. The first-order valence-corrected chi connectivity index (χ1v) is 8.58. The fraction of sp³-hybridized carbons (Fsp3) is 0.353. The molecule has 0 saturated heterocycles. The maximum Gasteiger partial charge on any atom is 0.238 e. The predicted molar refractivity (Wildman–Crippen MR) is 97.4 cm³/mol. The van der Waals surface area contributed by atoms with Gasteiger partial charge in [-0.05, 0) is 30.5 Å². The van der Waals surface area contributed by atoms with Gasteiger partial charge in [-0.3, -0.25) is 9.59 Å². The Balaban J connectivity index is 2.00. The standard InChI is InChI=1S/C17H22N4O2S/c1-10(2)14-9-19-17(24-14)21-16(23)11(3)12-4-6-13(7-5-12)20-15(22)8-18/h4-7,9-11H,8,18H2,1-3H3,(H,20,22)(H,19,21,23)/t11-/m1/s1. The largest absolute Gasteiger partial charge is 0.325 e. The lowest BCUT2D eigenvalue weighted by atomic mass is 10.0. The minimum absolute atomic E-state index is 0.0628. The first kappa shape index (κ1) is 18.1. The van der Waals surface area contributed by atoms with Crippen LogP contribution < -0.4 is 16.4 Å². The lowest BCUT2D eigenvalue weighted by molar-refractivity contribution is -0.117. The number of nitrogens with two attached hydrogens (primary N) is 1. The average molecular weight is 346 g/mol. The molecule has 0 radical (unpaired) electrons. The molecule has 128 valence electrons. The van der Waals surface area contributed by atoms with Crippen molar-refractivity contribution in [2.75, 3.05) is 17.2 Å². The number of amides is 2. The highest BCUT2D eigenvalue weighted by molar-refractivity contribution is 7.15. The number of hydrogen-bond donors (Lipinski definition) is 3. The maximum absolute atomic E-state index is 12.4. The minimum atomic E-state index is -0.323. The molecule has 4 N–H and O–H groups in total. The van der Waals surface area contributed by atoms with Crippen LogP contribution in [-0.2, 0) is 9.59 Å². The van der Waals surface area contributed by atoms with E-state index in [1.54, 1.807) is 18.3 Å². The van der Waals surface area contributed by atoms with Crippen molar-refractivity contribution in [2.45, 2.75) is 32.6 Å². The van der Waals surface area contributed by atoms with E-state index in [1.807, 2.05) is 19.1 Å². The van der Waals surface area contributed by atoms with Gasteiger partial charge in [-0.25, -0.2) is 4.98 Å². The van der Waals surface area contributed by atoms with E-state index < -0.39 is 0 Å². The highest BCUT2D eigenvalue weighted by atomic mass is 32.1. The average Bonchev–Trinajstić information content (AvgIpc) is 3.03. The molecular weight excluding hydrogens is 324 g/mol. The number of aromatic nitrogens is 1. The number of nitrogens with zero attached hydrogens (tertiary/aromatic N) is 1. The Morgan fingerprint density at radius 3 is 2.38 bits per heavy atom. The van der Waals surface area contributed by atoms with Gasteiger partial charge in [-0.1, -0.05) is 26.0 Å². The summed E-state index contributed by atoms with van der Waals surface area (Å²) in [7, 11) is 0. The highest BCUT2D eigenvalue weighted by Crippen LogP contribution is 2.26. The summed E-state index contributed by atoms with van der Waals surface area (Å²) >= 11 is 1.49. The number of thiazole rings is 1. The second kappa shape index (κ2) is 8.03. The van der Waals surface area contributed by atoms with Gasteiger partial charge in [0.15, 0.2) is 5.13 Å². The predicted octanol–water partition coefficient (Wildman–Crippen LogP) is 2.91. The summed E-state index contributed by atoms with van der Waals surface area (Å²) in [4.78, 5) is 29.0. The lowest BCUT2D eigenvalue weighted by Crippen LogP contribution is -2.22. The first-order chi connectivity index (χ1) is 11.4. The van der Waals surface area contributed by atoms with Crippen molar-refractivity contribution in [3.05, 3.63) is 40.9 Å². The molecule has 0 fully saturated rings. The van der Waals surface area contributed by atoms with Gasteiger partial charge >= 0.3 is 0 Å². The van der Waals surface area contributed by atoms with Gasteiger partial charge in [0, 0.05) is 16.8 Å². The van der Waals surface area contributed by atoms with Crippen molar-refractivity contribution < 1.29 is 9.59 Å². The van der Waals surface area contributed by atoms with Crippen molar-refractivity contribution >= 4 is 34.0 Å². The van der Waals surface area contributed by atoms with Gasteiger partial charge in [0.2, 0.25) is 11.8 Å². The van der Waals surface area contributed by atoms with Crippen molar-refractivity contribution in [1.29, 1.82) is 0 Å². The zero-order valence-electron chi connectivity index (χ0n) is 14.0. The van der Waals surface area contributed by atoms with E-state index in [1.165, 1.54) is 11.3 Å². The van der Waals surface area contributed by atoms with Crippen molar-refractivity contribution in [3.8, 4) is 0 Å². The Kier molecular flexibility index (Phi) is 6.05. The summed E-state index contributed by atoms with van der Waals surface area (Å²) in [5.74, 6) is -0.297.